The second kappa shape index (κ2) is 8.27. The molecule has 0 heterocycles. The van der Waals surface area contributed by atoms with Gasteiger partial charge in [-0.3, -0.25) is 9.59 Å². The number of carbonyl (C=O) groups excluding carboxylic acids is 2. The van der Waals surface area contributed by atoms with E-state index >= 15 is 0 Å². The summed E-state index contributed by atoms with van der Waals surface area (Å²) in [6, 6.07) is 6.00. The molecule has 4 nitrogen and oxygen atoms in total. The number of halogens is 4. The average molecular weight is 450 g/mol. The zero-order valence-corrected chi connectivity index (χ0v) is 18.0. The van der Waals surface area contributed by atoms with Crippen LogP contribution in [0.15, 0.2) is 24.3 Å². The quantitative estimate of drug-likeness (QED) is 0.396. The number of rotatable bonds is 4. The predicted molar refractivity (Wildman–Crippen MR) is 108 cm³/mol. The fourth-order valence-corrected chi connectivity index (χ4v) is 4.75. The largest absolute Gasteiger partial charge is 0.427 e. The van der Waals surface area contributed by atoms with E-state index in [1.165, 1.54) is 38.1 Å². The van der Waals surface area contributed by atoms with Crippen molar-refractivity contribution in [1.29, 1.82) is 0 Å². The van der Waals surface area contributed by atoms with Gasteiger partial charge in [0.1, 0.15) is 11.5 Å². The van der Waals surface area contributed by atoms with E-state index in [1.807, 2.05) is 13.8 Å². The van der Waals surface area contributed by atoms with Crippen molar-refractivity contribution in [3.63, 3.8) is 0 Å². The number of esters is 2. The van der Waals surface area contributed by atoms with Gasteiger partial charge in [0.25, 0.3) is 0 Å². The minimum absolute atomic E-state index is 0.236. The van der Waals surface area contributed by atoms with E-state index in [4.69, 9.17) is 55.9 Å². The van der Waals surface area contributed by atoms with Crippen molar-refractivity contribution in [1.82, 2.24) is 0 Å². The van der Waals surface area contributed by atoms with Gasteiger partial charge in [0.15, 0.2) is 0 Å². The second-order valence-corrected chi connectivity index (χ2v) is 7.96. The highest BCUT2D eigenvalue weighted by atomic mass is 35.5. The highest BCUT2D eigenvalue weighted by molar-refractivity contribution is 6.38. The summed E-state index contributed by atoms with van der Waals surface area (Å²) in [6.07, 6.45) is 0. The average Bonchev–Trinajstić information content (AvgIpc) is 2.42. The third-order valence-corrected chi connectivity index (χ3v) is 5.00. The summed E-state index contributed by atoms with van der Waals surface area (Å²) in [5.74, 6) is -0.499. The van der Waals surface area contributed by atoms with Gasteiger partial charge >= 0.3 is 11.9 Å². The maximum atomic E-state index is 11.2. The van der Waals surface area contributed by atoms with Crippen molar-refractivity contribution in [2.75, 3.05) is 0 Å². The SMILES string of the molecule is CC(=O)Oc1cc(Cl)c(C(C)(C)c2c(Cl)cc(OC(C)=O)cc2Cl)c(Cl)c1. The van der Waals surface area contributed by atoms with Crippen LogP contribution in [0.1, 0.15) is 38.8 Å². The van der Waals surface area contributed by atoms with Crippen LogP contribution in [0, 0.1) is 0 Å². The summed E-state index contributed by atoms with van der Waals surface area (Å²) < 4.78 is 10.1. The Morgan fingerprint density at radius 2 is 0.963 bits per heavy atom. The van der Waals surface area contributed by atoms with Gasteiger partial charge in [-0.05, 0) is 35.4 Å². The lowest BCUT2D eigenvalue weighted by molar-refractivity contribution is -0.132. The van der Waals surface area contributed by atoms with Crippen LogP contribution < -0.4 is 9.47 Å². The fourth-order valence-electron chi connectivity index (χ4n) is 2.87. The first-order chi connectivity index (χ1) is 12.4. The van der Waals surface area contributed by atoms with Crippen LogP contribution in [0.4, 0.5) is 0 Å². The van der Waals surface area contributed by atoms with Crippen LogP contribution in [-0.2, 0) is 15.0 Å². The lowest BCUT2D eigenvalue weighted by Crippen LogP contribution is -2.21. The molecule has 0 amide bonds. The van der Waals surface area contributed by atoms with E-state index in [0.717, 1.165) is 0 Å². The molecule has 0 aliphatic rings. The highest BCUT2D eigenvalue weighted by Gasteiger charge is 2.33. The van der Waals surface area contributed by atoms with Gasteiger partial charge in [0.05, 0.1) is 0 Å². The Balaban J connectivity index is 2.59. The molecule has 0 bridgehead atoms. The Morgan fingerprint density at radius 1 is 0.704 bits per heavy atom. The number of hydrogen-bond donors (Lipinski definition) is 0. The molecule has 0 N–H and O–H groups in total. The molecule has 8 heteroatoms. The first-order valence-corrected chi connectivity index (χ1v) is 9.30. The summed E-state index contributed by atoms with van der Waals surface area (Å²) in [5, 5.41) is 1.17. The van der Waals surface area contributed by atoms with Gasteiger partial charge in [-0.2, -0.15) is 0 Å². The first kappa shape index (κ1) is 21.8. The van der Waals surface area contributed by atoms with Crippen LogP contribution in [0.3, 0.4) is 0 Å². The maximum absolute atomic E-state index is 11.2. The lowest BCUT2D eigenvalue weighted by Gasteiger charge is -2.30. The van der Waals surface area contributed by atoms with E-state index in [2.05, 4.69) is 0 Å². The summed E-state index contributed by atoms with van der Waals surface area (Å²) in [5.41, 5.74) is 0.322. The molecular formula is C19H16Cl4O4. The zero-order valence-electron chi connectivity index (χ0n) is 15.0. The predicted octanol–water partition coefficient (Wildman–Crippen LogP) is 6.48. The van der Waals surface area contributed by atoms with Crippen molar-refractivity contribution >= 4 is 58.3 Å². The monoisotopic (exact) mass is 448 g/mol. The highest BCUT2D eigenvalue weighted by Crippen LogP contribution is 2.47. The van der Waals surface area contributed by atoms with E-state index in [0.29, 0.717) is 31.2 Å². The zero-order chi connectivity index (χ0) is 20.5. The standard InChI is InChI=1S/C19H16Cl4O4/c1-9(24)26-11-5-13(20)17(14(21)6-11)19(3,4)18-15(22)7-12(8-16(18)23)27-10(2)25/h5-8H,1-4H3. The Morgan fingerprint density at radius 3 is 1.19 bits per heavy atom. The molecular weight excluding hydrogens is 434 g/mol. The molecule has 0 spiro atoms. The van der Waals surface area contributed by atoms with Gasteiger partial charge in [-0.15, -0.1) is 0 Å². The minimum atomic E-state index is -0.800. The topological polar surface area (TPSA) is 52.6 Å². The van der Waals surface area contributed by atoms with Gasteiger partial charge in [0.2, 0.25) is 0 Å². The first-order valence-electron chi connectivity index (χ1n) is 7.79. The van der Waals surface area contributed by atoms with E-state index < -0.39 is 17.4 Å². The number of hydrogen-bond acceptors (Lipinski definition) is 4. The molecule has 2 aromatic carbocycles. The molecule has 2 aromatic rings. The molecule has 144 valence electrons. The molecule has 0 saturated carbocycles. The minimum Gasteiger partial charge on any atom is -0.427 e. The molecule has 0 aromatic heterocycles. The Hall–Kier alpha value is -1.46. The summed E-state index contributed by atoms with van der Waals surface area (Å²) >= 11 is 25.7. The molecule has 0 saturated heterocycles. The number of carbonyl (C=O) groups is 2. The van der Waals surface area contributed by atoms with Crippen LogP contribution in [0.5, 0.6) is 11.5 Å². The van der Waals surface area contributed by atoms with Gasteiger partial charge in [-0.1, -0.05) is 60.3 Å². The smallest absolute Gasteiger partial charge is 0.308 e. The molecule has 0 fully saturated rings. The molecule has 27 heavy (non-hydrogen) atoms. The number of benzene rings is 2. The molecule has 0 unspecified atom stereocenters. The van der Waals surface area contributed by atoms with Crippen molar-refractivity contribution in [3.8, 4) is 11.5 Å². The second-order valence-electron chi connectivity index (χ2n) is 6.34. The summed E-state index contributed by atoms with van der Waals surface area (Å²) in [7, 11) is 0. The van der Waals surface area contributed by atoms with E-state index in [9.17, 15) is 9.59 Å². The normalized spacial score (nSPS) is 11.3. The van der Waals surface area contributed by atoms with Gasteiger partial charge in [-0.25, -0.2) is 0 Å². The van der Waals surface area contributed by atoms with E-state index in [-0.39, 0.29) is 11.5 Å². The van der Waals surface area contributed by atoms with Crippen LogP contribution in [0.2, 0.25) is 20.1 Å². The molecule has 0 aliphatic carbocycles. The van der Waals surface area contributed by atoms with Crippen LogP contribution in [0.25, 0.3) is 0 Å². The third kappa shape index (κ3) is 4.88. The number of ether oxygens (including phenoxy) is 2. The van der Waals surface area contributed by atoms with E-state index in [1.54, 1.807) is 0 Å². The maximum Gasteiger partial charge on any atom is 0.308 e. The molecule has 0 radical (unpaired) electrons. The van der Waals surface area contributed by atoms with Crippen molar-refractivity contribution < 1.29 is 19.1 Å². The van der Waals surface area contributed by atoms with Crippen LogP contribution in [-0.4, -0.2) is 11.9 Å². The Kier molecular flexibility index (Phi) is 6.69. The van der Waals surface area contributed by atoms with Crippen LogP contribution >= 0.6 is 46.4 Å². The summed E-state index contributed by atoms with van der Waals surface area (Å²) in [4.78, 5) is 22.3. The van der Waals surface area contributed by atoms with Gasteiger partial charge < -0.3 is 9.47 Å². The van der Waals surface area contributed by atoms with Crippen molar-refractivity contribution in [2.45, 2.75) is 33.1 Å². The Labute approximate surface area is 177 Å². The van der Waals surface area contributed by atoms with Gasteiger partial charge in [0, 0.05) is 39.4 Å². The van der Waals surface area contributed by atoms with Crippen molar-refractivity contribution in [2.24, 2.45) is 0 Å². The summed E-state index contributed by atoms with van der Waals surface area (Å²) in [6.45, 7) is 6.27. The lowest BCUT2D eigenvalue weighted by atomic mass is 9.77. The van der Waals surface area contributed by atoms with Crippen molar-refractivity contribution in [3.05, 3.63) is 55.5 Å². The fraction of sp³-hybridized carbons (Fsp3) is 0.263. The molecule has 2 rings (SSSR count). The molecule has 0 atom stereocenters. The Bertz CT molecular complexity index is 802. The molecule has 0 aliphatic heterocycles. The third-order valence-electron chi connectivity index (χ3n) is 3.80.